The predicted molar refractivity (Wildman–Crippen MR) is 71.9 cm³/mol. The summed E-state index contributed by atoms with van der Waals surface area (Å²) in [5.74, 6) is -0.711. The Morgan fingerprint density at radius 3 is 2.58 bits per heavy atom. The van der Waals surface area contributed by atoms with E-state index in [1.165, 1.54) is 12.8 Å². The third-order valence-corrected chi connectivity index (χ3v) is 4.40. The largest absolute Gasteiger partial charge is 0.481 e. The van der Waals surface area contributed by atoms with Crippen LogP contribution in [-0.2, 0) is 9.59 Å². The number of hydrogen-bond donors (Lipinski definition) is 1. The van der Waals surface area contributed by atoms with Crippen LogP contribution in [0.15, 0.2) is 0 Å². The Morgan fingerprint density at radius 1 is 1.26 bits per heavy atom. The van der Waals surface area contributed by atoms with Gasteiger partial charge < -0.3 is 10.0 Å². The predicted octanol–water partition coefficient (Wildman–Crippen LogP) is 1.33. The molecule has 1 aliphatic carbocycles. The fraction of sp³-hybridized carbons (Fsp3) is 0.857. The van der Waals surface area contributed by atoms with Crippen LogP contribution >= 0.6 is 0 Å². The minimum atomic E-state index is -0.814. The molecule has 5 nitrogen and oxygen atoms in total. The van der Waals surface area contributed by atoms with E-state index < -0.39 is 5.97 Å². The van der Waals surface area contributed by atoms with Crippen LogP contribution in [0, 0.1) is 0 Å². The van der Waals surface area contributed by atoms with Crippen LogP contribution in [0.1, 0.15) is 44.9 Å². The van der Waals surface area contributed by atoms with Crippen molar-refractivity contribution in [3.63, 3.8) is 0 Å². The quantitative estimate of drug-likeness (QED) is 0.835. The first-order valence-electron chi connectivity index (χ1n) is 7.32. The van der Waals surface area contributed by atoms with Crippen molar-refractivity contribution in [2.24, 2.45) is 0 Å². The molecule has 1 saturated carbocycles. The molecule has 2 rings (SSSR count). The number of amides is 1. The summed E-state index contributed by atoms with van der Waals surface area (Å²) >= 11 is 0. The molecule has 5 heteroatoms. The van der Waals surface area contributed by atoms with Gasteiger partial charge in [0, 0.05) is 32.6 Å². The van der Waals surface area contributed by atoms with Crippen molar-refractivity contribution < 1.29 is 14.7 Å². The second kappa shape index (κ2) is 6.37. The molecular weight excluding hydrogens is 244 g/mol. The summed E-state index contributed by atoms with van der Waals surface area (Å²) in [5, 5.41) is 8.87. The highest BCUT2D eigenvalue weighted by Crippen LogP contribution is 2.28. The summed E-state index contributed by atoms with van der Waals surface area (Å²) in [4.78, 5) is 27.3. The van der Waals surface area contributed by atoms with Crippen LogP contribution < -0.4 is 0 Å². The second-order valence-electron chi connectivity index (χ2n) is 5.74. The number of carboxylic acids is 1. The van der Waals surface area contributed by atoms with Crippen LogP contribution in [-0.4, -0.2) is 59.0 Å². The maximum atomic E-state index is 12.4. The fourth-order valence-corrected chi connectivity index (χ4v) is 3.38. The molecular formula is C14H24N2O3. The average Bonchev–Trinajstić information content (AvgIpc) is 2.85. The minimum Gasteiger partial charge on any atom is -0.481 e. The smallest absolute Gasteiger partial charge is 0.303 e. The molecule has 1 atom stereocenters. The average molecular weight is 268 g/mol. The van der Waals surface area contributed by atoms with E-state index in [9.17, 15) is 9.59 Å². The normalized spacial score (nSPS) is 26.7. The van der Waals surface area contributed by atoms with E-state index in [2.05, 4.69) is 4.90 Å². The lowest BCUT2D eigenvalue weighted by Gasteiger charge is -2.34. The van der Waals surface area contributed by atoms with Gasteiger partial charge in [0.05, 0.1) is 6.04 Å². The molecule has 2 fully saturated rings. The second-order valence-corrected chi connectivity index (χ2v) is 5.74. The van der Waals surface area contributed by atoms with E-state index in [4.69, 9.17) is 5.11 Å². The number of nitrogens with zero attached hydrogens (tertiary/aromatic N) is 2. The highest BCUT2D eigenvalue weighted by atomic mass is 16.4. The van der Waals surface area contributed by atoms with Gasteiger partial charge in [0.2, 0.25) is 5.91 Å². The van der Waals surface area contributed by atoms with Crippen molar-refractivity contribution >= 4 is 11.9 Å². The number of rotatable bonds is 4. The zero-order valence-electron chi connectivity index (χ0n) is 11.7. The van der Waals surface area contributed by atoms with Gasteiger partial charge in [-0.2, -0.15) is 0 Å². The lowest BCUT2D eigenvalue weighted by Crippen LogP contribution is -2.48. The van der Waals surface area contributed by atoms with Crippen LogP contribution in [0.3, 0.4) is 0 Å². The van der Waals surface area contributed by atoms with Gasteiger partial charge in [-0.1, -0.05) is 12.8 Å². The Balaban J connectivity index is 2.10. The SMILES string of the molecule is CN1CCCN(C2CCCC2)C(CCC(=O)O)C1=O. The van der Waals surface area contributed by atoms with Crippen LogP contribution in [0.4, 0.5) is 0 Å². The number of carbonyl (C=O) groups is 2. The molecule has 2 aliphatic rings. The van der Waals surface area contributed by atoms with E-state index in [-0.39, 0.29) is 18.4 Å². The number of aliphatic carboxylic acids is 1. The Labute approximate surface area is 114 Å². The Morgan fingerprint density at radius 2 is 1.95 bits per heavy atom. The van der Waals surface area contributed by atoms with Crippen molar-refractivity contribution in [1.29, 1.82) is 0 Å². The molecule has 0 spiro atoms. The summed E-state index contributed by atoms with van der Waals surface area (Å²) in [6, 6.07) is 0.251. The third-order valence-electron chi connectivity index (χ3n) is 4.40. The Bertz CT molecular complexity index is 340. The van der Waals surface area contributed by atoms with Crippen LogP contribution in [0.5, 0.6) is 0 Å². The molecule has 19 heavy (non-hydrogen) atoms. The molecule has 0 bridgehead atoms. The lowest BCUT2D eigenvalue weighted by molar-refractivity contribution is -0.139. The number of hydrogen-bond acceptors (Lipinski definition) is 3. The van der Waals surface area contributed by atoms with Crippen molar-refractivity contribution in [2.45, 2.75) is 57.0 Å². The number of carbonyl (C=O) groups excluding carboxylic acids is 1. The highest BCUT2D eigenvalue weighted by molar-refractivity contribution is 5.82. The van der Waals surface area contributed by atoms with Crippen molar-refractivity contribution in [2.75, 3.05) is 20.1 Å². The summed E-state index contributed by atoms with van der Waals surface area (Å²) in [5.41, 5.74) is 0. The third kappa shape index (κ3) is 3.47. The van der Waals surface area contributed by atoms with Gasteiger partial charge in [-0.3, -0.25) is 14.5 Å². The van der Waals surface area contributed by atoms with Crippen molar-refractivity contribution in [3.8, 4) is 0 Å². The first-order chi connectivity index (χ1) is 9.09. The maximum absolute atomic E-state index is 12.4. The van der Waals surface area contributed by atoms with Crippen LogP contribution in [0.2, 0.25) is 0 Å². The topological polar surface area (TPSA) is 60.9 Å². The van der Waals surface area contributed by atoms with E-state index >= 15 is 0 Å². The van der Waals surface area contributed by atoms with Gasteiger partial charge in [-0.25, -0.2) is 0 Å². The Hall–Kier alpha value is -1.10. The van der Waals surface area contributed by atoms with Crippen molar-refractivity contribution in [3.05, 3.63) is 0 Å². The first kappa shape index (κ1) is 14.3. The molecule has 1 aliphatic heterocycles. The van der Waals surface area contributed by atoms with Crippen LogP contribution in [0.25, 0.3) is 0 Å². The fourth-order valence-electron chi connectivity index (χ4n) is 3.38. The standard InChI is InChI=1S/C14H24N2O3/c1-15-9-4-10-16(11-5-2-3-6-11)12(14(15)19)7-8-13(17)18/h11-12H,2-10H2,1H3,(H,17,18). The maximum Gasteiger partial charge on any atom is 0.303 e. The van der Waals surface area contributed by atoms with Gasteiger partial charge in [-0.05, 0) is 25.7 Å². The summed E-state index contributed by atoms with van der Waals surface area (Å²) in [6.45, 7) is 1.71. The van der Waals surface area contributed by atoms with Gasteiger partial charge in [0.25, 0.3) is 0 Å². The zero-order valence-corrected chi connectivity index (χ0v) is 11.7. The zero-order chi connectivity index (χ0) is 13.8. The summed E-state index contributed by atoms with van der Waals surface area (Å²) in [6.07, 6.45) is 6.28. The first-order valence-corrected chi connectivity index (χ1v) is 7.32. The van der Waals surface area contributed by atoms with E-state index in [1.807, 2.05) is 7.05 Å². The van der Waals surface area contributed by atoms with Gasteiger partial charge >= 0.3 is 5.97 Å². The lowest BCUT2D eigenvalue weighted by atomic mass is 10.0. The Kier molecular flexibility index (Phi) is 4.80. The van der Waals surface area contributed by atoms with Gasteiger partial charge in [0.15, 0.2) is 0 Å². The highest BCUT2D eigenvalue weighted by Gasteiger charge is 2.36. The molecule has 1 N–H and O–H groups in total. The van der Waals surface area contributed by atoms with Gasteiger partial charge in [-0.15, -0.1) is 0 Å². The number of carboxylic acid groups (broad SMARTS) is 1. The number of likely N-dealkylation sites (N-methyl/N-ethyl adjacent to an activating group) is 1. The molecule has 0 aromatic carbocycles. The molecule has 0 radical (unpaired) electrons. The van der Waals surface area contributed by atoms with Gasteiger partial charge in [0.1, 0.15) is 0 Å². The molecule has 1 saturated heterocycles. The van der Waals surface area contributed by atoms with Crippen molar-refractivity contribution in [1.82, 2.24) is 9.80 Å². The van der Waals surface area contributed by atoms with E-state index in [0.717, 1.165) is 32.4 Å². The minimum absolute atomic E-state index is 0.0769. The molecule has 0 aromatic rings. The van der Waals surface area contributed by atoms with E-state index in [1.54, 1.807) is 4.90 Å². The molecule has 1 amide bonds. The molecule has 0 aromatic heterocycles. The molecule has 1 heterocycles. The van der Waals surface area contributed by atoms with E-state index in [0.29, 0.717) is 12.5 Å². The molecule has 1 unspecified atom stereocenters. The monoisotopic (exact) mass is 268 g/mol. The summed E-state index contributed by atoms with van der Waals surface area (Å²) < 4.78 is 0. The summed E-state index contributed by atoms with van der Waals surface area (Å²) in [7, 11) is 1.83. The molecule has 108 valence electrons.